The largest absolute Gasteiger partial charge is 0.352 e. The van der Waals surface area contributed by atoms with Gasteiger partial charge in [-0.05, 0) is 31.0 Å². The van der Waals surface area contributed by atoms with E-state index in [-0.39, 0.29) is 0 Å². The summed E-state index contributed by atoms with van der Waals surface area (Å²) in [6.07, 6.45) is 5.69. The van der Waals surface area contributed by atoms with Crippen LogP contribution in [0, 0.1) is 13.8 Å². The summed E-state index contributed by atoms with van der Waals surface area (Å²) in [6, 6.07) is 2.01. The second-order valence-corrected chi connectivity index (χ2v) is 3.97. The van der Waals surface area contributed by atoms with Gasteiger partial charge >= 0.3 is 0 Å². The van der Waals surface area contributed by atoms with Gasteiger partial charge in [-0.15, -0.1) is 0 Å². The van der Waals surface area contributed by atoms with Crippen molar-refractivity contribution >= 4 is 5.95 Å². The smallest absolute Gasteiger partial charge is 0.203 e. The minimum atomic E-state index is 0.754. The van der Waals surface area contributed by atoms with Crippen molar-refractivity contribution < 1.29 is 0 Å². The summed E-state index contributed by atoms with van der Waals surface area (Å²) >= 11 is 0. The van der Waals surface area contributed by atoms with Crippen LogP contribution in [0.5, 0.6) is 0 Å². The molecule has 2 aromatic heterocycles. The van der Waals surface area contributed by atoms with E-state index < -0.39 is 0 Å². The minimum Gasteiger partial charge on any atom is -0.352 e. The lowest BCUT2D eigenvalue weighted by Crippen LogP contribution is -2.06. The van der Waals surface area contributed by atoms with E-state index in [1.54, 1.807) is 0 Å². The first kappa shape index (κ1) is 10.7. The number of hydrogen-bond donors (Lipinski definition) is 1. The summed E-state index contributed by atoms with van der Waals surface area (Å²) < 4.78 is 1.99. The van der Waals surface area contributed by atoms with Crippen molar-refractivity contribution in [3.05, 3.63) is 41.5 Å². The Hall–Kier alpha value is -1.84. The Balaban J connectivity index is 2.08. The maximum absolute atomic E-state index is 4.39. The molecule has 4 heteroatoms. The van der Waals surface area contributed by atoms with Crippen LogP contribution in [-0.2, 0) is 13.6 Å². The van der Waals surface area contributed by atoms with Gasteiger partial charge in [-0.3, -0.25) is 4.98 Å². The molecule has 0 aliphatic heterocycles. The number of aromatic nitrogens is 3. The summed E-state index contributed by atoms with van der Waals surface area (Å²) in [7, 11) is 1.98. The lowest BCUT2D eigenvalue weighted by Gasteiger charge is -2.07. The summed E-state index contributed by atoms with van der Waals surface area (Å²) in [6.45, 7) is 4.83. The molecule has 0 saturated heterocycles. The van der Waals surface area contributed by atoms with E-state index >= 15 is 0 Å². The predicted molar refractivity (Wildman–Crippen MR) is 64.2 cm³/mol. The molecule has 1 N–H and O–H groups in total. The van der Waals surface area contributed by atoms with Gasteiger partial charge in [-0.25, -0.2) is 4.98 Å². The van der Waals surface area contributed by atoms with Crippen LogP contribution in [0.15, 0.2) is 24.7 Å². The standard InChI is InChI=1S/C12H16N4/c1-9-4-5-13-6-11(9)7-14-12-15-10(2)8-16(12)3/h4-6,8H,7H2,1-3H3,(H,14,15). The Morgan fingerprint density at radius 3 is 2.81 bits per heavy atom. The molecule has 16 heavy (non-hydrogen) atoms. The van der Waals surface area contributed by atoms with Crippen molar-refractivity contribution in [2.45, 2.75) is 20.4 Å². The highest BCUT2D eigenvalue weighted by molar-refractivity contribution is 5.32. The van der Waals surface area contributed by atoms with Crippen LogP contribution >= 0.6 is 0 Å². The van der Waals surface area contributed by atoms with Gasteiger partial charge in [-0.1, -0.05) is 0 Å². The predicted octanol–water partition coefficient (Wildman–Crippen LogP) is 2.04. The summed E-state index contributed by atoms with van der Waals surface area (Å²) in [5.74, 6) is 0.890. The average Bonchev–Trinajstić information content (AvgIpc) is 2.56. The van der Waals surface area contributed by atoms with Crippen LogP contribution < -0.4 is 5.32 Å². The Morgan fingerprint density at radius 1 is 1.38 bits per heavy atom. The van der Waals surface area contributed by atoms with E-state index in [1.165, 1.54) is 11.1 Å². The highest BCUT2D eigenvalue weighted by Gasteiger charge is 2.02. The van der Waals surface area contributed by atoms with Crippen LogP contribution in [0.4, 0.5) is 5.95 Å². The zero-order chi connectivity index (χ0) is 11.5. The number of nitrogens with one attached hydrogen (secondary N) is 1. The van der Waals surface area contributed by atoms with Gasteiger partial charge in [0.2, 0.25) is 5.95 Å². The molecule has 84 valence electrons. The Labute approximate surface area is 95.4 Å². The molecule has 0 bridgehead atoms. The fourth-order valence-corrected chi connectivity index (χ4v) is 1.64. The number of anilines is 1. The minimum absolute atomic E-state index is 0.754. The van der Waals surface area contributed by atoms with E-state index in [0.29, 0.717) is 0 Å². The fraction of sp³-hybridized carbons (Fsp3) is 0.333. The molecule has 2 rings (SSSR count). The van der Waals surface area contributed by atoms with Crippen molar-refractivity contribution in [2.75, 3.05) is 5.32 Å². The molecular formula is C12H16N4. The SMILES string of the molecule is Cc1cn(C)c(NCc2cnccc2C)n1. The van der Waals surface area contributed by atoms with E-state index in [0.717, 1.165) is 18.2 Å². The van der Waals surface area contributed by atoms with Crippen molar-refractivity contribution in [3.63, 3.8) is 0 Å². The number of rotatable bonds is 3. The van der Waals surface area contributed by atoms with Crippen molar-refractivity contribution in [2.24, 2.45) is 7.05 Å². The summed E-state index contributed by atoms with van der Waals surface area (Å²) in [5, 5.41) is 3.30. The first-order chi connectivity index (χ1) is 7.66. The van der Waals surface area contributed by atoms with Gasteiger partial charge in [0.15, 0.2) is 0 Å². The van der Waals surface area contributed by atoms with Crippen LogP contribution in [0.3, 0.4) is 0 Å². The van der Waals surface area contributed by atoms with Crippen molar-refractivity contribution in [1.82, 2.24) is 14.5 Å². The van der Waals surface area contributed by atoms with Gasteiger partial charge in [-0.2, -0.15) is 0 Å². The third-order valence-electron chi connectivity index (χ3n) is 2.58. The number of hydrogen-bond acceptors (Lipinski definition) is 3. The van der Waals surface area contributed by atoms with E-state index in [4.69, 9.17) is 0 Å². The van der Waals surface area contributed by atoms with E-state index in [2.05, 4.69) is 22.2 Å². The number of pyridine rings is 1. The molecule has 0 amide bonds. The van der Waals surface area contributed by atoms with Gasteiger partial charge in [0, 0.05) is 32.2 Å². The van der Waals surface area contributed by atoms with Gasteiger partial charge in [0.25, 0.3) is 0 Å². The Morgan fingerprint density at radius 2 is 2.19 bits per heavy atom. The molecule has 4 nitrogen and oxygen atoms in total. The second-order valence-electron chi connectivity index (χ2n) is 3.97. The topological polar surface area (TPSA) is 42.7 Å². The lowest BCUT2D eigenvalue weighted by molar-refractivity contribution is 0.897. The second kappa shape index (κ2) is 4.35. The van der Waals surface area contributed by atoms with Gasteiger partial charge in [0.05, 0.1) is 5.69 Å². The molecule has 0 atom stereocenters. The first-order valence-electron chi connectivity index (χ1n) is 5.30. The maximum Gasteiger partial charge on any atom is 0.203 e. The van der Waals surface area contributed by atoms with Crippen molar-refractivity contribution in [1.29, 1.82) is 0 Å². The molecule has 0 spiro atoms. The van der Waals surface area contributed by atoms with Gasteiger partial charge < -0.3 is 9.88 Å². The molecule has 0 aliphatic rings. The molecule has 0 fully saturated rings. The lowest BCUT2D eigenvalue weighted by atomic mass is 10.2. The highest BCUT2D eigenvalue weighted by atomic mass is 15.2. The van der Waals surface area contributed by atoms with Crippen LogP contribution in [0.2, 0.25) is 0 Å². The van der Waals surface area contributed by atoms with Crippen LogP contribution in [-0.4, -0.2) is 14.5 Å². The third kappa shape index (κ3) is 2.21. The maximum atomic E-state index is 4.39. The molecule has 0 aromatic carbocycles. The monoisotopic (exact) mass is 216 g/mol. The van der Waals surface area contributed by atoms with Gasteiger partial charge in [0.1, 0.15) is 0 Å². The molecule has 0 aliphatic carbocycles. The Kier molecular flexibility index (Phi) is 2.90. The number of nitrogens with zero attached hydrogens (tertiary/aromatic N) is 3. The molecule has 2 aromatic rings. The zero-order valence-electron chi connectivity index (χ0n) is 9.86. The quantitative estimate of drug-likeness (QED) is 0.853. The molecular weight excluding hydrogens is 200 g/mol. The normalized spacial score (nSPS) is 10.4. The molecule has 2 heterocycles. The summed E-state index contributed by atoms with van der Waals surface area (Å²) in [4.78, 5) is 8.50. The molecule has 0 unspecified atom stereocenters. The highest BCUT2D eigenvalue weighted by Crippen LogP contribution is 2.10. The average molecular weight is 216 g/mol. The van der Waals surface area contributed by atoms with Crippen LogP contribution in [0.1, 0.15) is 16.8 Å². The number of imidazole rings is 1. The van der Waals surface area contributed by atoms with E-state index in [1.807, 2.05) is 43.2 Å². The first-order valence-corrected chi connectivity index (χ1v) is 5.30. The summed E-state index contributed by atoms with van der Waals surface area (Å²) in [5.41, 5.74) is 3.46. The fourth-order valence-electron chi connectivity index (χ4n) is 1.64. The number of aryl methyl sites for hydroxylation is 3. The van der Waals surface area contributed by atoms with E-state index in [9.17, 15) is 0 Å². The Bertz CT molecular complexity index is 488. The van der Waals surface area contributed by atoms with Crippen molar-refractivity contribution in [3.8, 4) is 0 Å². The zero-order valence-corrected chi connectivity index (χ0v) is 9.86. The van der Waals surface area contributed by atoms with Crippen LogP contribution in [0.25, 0.3) is 0 Å². The molecule has 0 saturated carbocycles. The molecule has 0 radical (unpaired) electrons. The third-order valence-corrected chi connectivity index (χ3v) is 2.58.